The lowest BCUT2D eigenvalue weighted by atomic mass is 10.3. The molecular formula is C13H9BrFN3S. The minimum absolute atomic E-state index is 0.344. The summed E-state index contributed by atoms with van der Waals surface area (Å²) >= 11 is 8.61. The molecule has 3 rings (SSSR count). The van der Waals surface area contributed by atoms with E-state index in [0.29, 0.717) is 16.1 Å². The van der Waals surface area contributed by atoms with Gasteiger partial charge in [-0.2, -0.15) is 0 Å². The van der Waals surface area contributed by atoms with Gasteiger partial charge in [-0.15, -0.1) is 0 Å². The first kappa shape index (κ1) is 12.5. The van der Waals surface area contributed by atoms with Crippen LogP contribution in [-0.2, 0) is 0 Å². The zero-order valence-electron chi connectivity index (χ0n) is 9.95. The van der Waals surface area contributed by atoms with Gasteiger partial charge in [-0.05, 0) is 49.5 Å². The van der Waals surface area contributed by atoms with E-state index in [9.17, 15) is 4.39 Å². The highest BCUT2D eigenvalue weighted by atomic mass is 79.9. The predicted octanol–water partition coefficient (Wildman–Crippen LogP) is 4.29. The third-order valence-electron chi connectivity index (χ3n) is 2.82. The Morgan fingerprint density at radius 3 is 2.89 bits per heavy atom. The lowest BCUT2D eigenvalue weighted by molar-refractivity contribution is 0.618. The average Bonchev–Trinajstić information content (AvgIpc) is 2.68. The molecule has 0 atom stereocenters. The van der Waals surface area contributed by atoms with Crippen molar-refractivity contribution >= 4 is 39.3 Å². The van der Waals surface area contributed by atoms with Gasteiger partial charge in [0.25, 0.3) is 0 Å². The molecular weight excluding hydrogens is 329 g/mol. The summed E-state index contributed by atoms with van der Waals surface area (Å²) in [5.41, 5.74) is 2.64. The third-order valence-corrected chi connectivity index (χ3v) is 3.60. The number of imidazole rings is 1. The molecule has 0 spiro atoms. The van der Waals surface area contributed by atoms with Crippen LogP contribution in [0.4, 0.5) is 4.39 Å². The summed E-state index contributed by atoms with van der Waals surface area (Å²) in [5, 5.41) is 0. The maximum absolute atomic E-state index is 14.0. The van der Waals surface area contributed by atoms with Crippen molar-refractivity contribution in [1.82, 2.24) is 14.5 Å². The van der Waals surface area contributed by atoms with Crippen LogP contribution in [0.5, 0.6) is 0 Å². The number of fused-ring (bicyclic) bond motifs is 1. The number of aromatic nitrogens is 3. The van der Waals surface area contributed by atoms with Crippen molar-refractivity contribution in [3.63, 3.8) is 0 Å². The molecule has 19 heavy (non-hydrogen) atoms. The summed E-state index contributed by atoms with van der Waals surface area (Å²) < 4.78 is 16.8. The van der Waals surface area contributed by atoms with E-state index in [-0.39, 0.29) is 5.82 Å². The van der Waals surface area contributed by atoms with Gasteiger partial charge in [-0.25, -0.2) is 9.37 Å². The van der Waals surface area contributed by atoms with Gasteiger partial charge in [0.2, 0.25) is 0 Å². The molecule has 0 bridgehead atoms. The second kappa shape index (κ2) is 4.54. The summed E-state index contributed by atoms with van der Waals surface area (Å²) in [6.45, 7) is 1.89. The molecule has 6 heteroatoms. The van der Waals surface area contributed by atoms with Gasteiger partial charge in [0.1, 0.15) is 5.82 Å². The van der Waals surface area contributed by atoms with Gasteiger partial charge in [-0.3, -0.25) is 4.57 Å². The highest BCUT2D eigenvalue weighted by Crippen LogP contribution is 2.23. The van der Waals surface area contributed by atoms with E-state index >= 15 is 0 Å². The normalized spacial score (nSPS) is 11.1. The predicted molar refractivity (Wildman–Crippen MR) is 78.6 cm³/mol. The number of halogens is 2. The van der Waals surface area contributed by atoms with Crippen molar-refractivity contribution in [2.45, 2.75) is 6.92 Å². The second-order valence-electron chi connectivity index (χ2n) is 4.19. The summed E-state index contributed by atoms with van der Waals surface area (Å²) in [6.07, 6.45) is 0. The molecule has 1 aromatic carbocycles. The minimum atomic E-state index is -0.344. The van der Waals surface area contributed by atoms with Crippen LogP contribution in [0.25, 0.3) is 16.9 Å². The summed E-state index contributed by atoms with van der Waals surface area (Å²) in [7, 11) is 0. The fourth-order valence-electron chi connectivity index (χ4n) is 1.96. The number of H-pyrrole nitrogens is 1. The van der Waals surface area contributed by atoms with Crippen molar-refractivity contribution in [2.24, 2.45) is 0 Å². The fraction of sp³-hybridized carbons (Fsp3) is 0.0769. The third kappa shape index (κ3) is 2.11. The van der Waals surface area contributed by atoms with Crippen molar-refractivity contribution in [2.75, 3.05) is 0 Å². The Balaban J connectivity index is 2.42. The Hall–Kier alpha value is -1.53. The van der Waals surface area contributed by atoms with Crippen LogP contribution in [-0.4, -0.2) is 14.5 Å². The zero-order valence-corrected chi connectivity index (χ0v) is 12.3. The Labute approximate surface area is 122 Å². The monoisotopic (exact) mass is 337 g/mol. The van der Waals surface area contributed by atoms with E-state index in [0.717, 1.165) is 15.7 Å². The molecule has 3 nitrogen and oxygen atoms in total. The number of nitrogens with one attached hydrogen (secondary N) is 1. The first-order valence-electron chi connectivity index (χ1n) is 5.60. The Bertz CT molecular complexity index is 838. The SMILES string of the molecule is Cc1ccc2[nH]c(=S)n(-c3cc(Br)ccc3F)c2n1. The number of hydrogen-bond donors (Lipinski definition) is 1. The van der Waals surface area contributed by atoms with E-state index in [2.05, 4.69) is 25.9 Å². The van der Waals surface area contributed by atoms with Gasteiger partial charge >= 0.3 is 0 Å². The van der Waals surface area contributed by atoms with E-state index in [1.54, 1.807) is 16.7 Å². The van der Waals surface area contributed by atoms with Crippen LogP contribution in [0.15, 0.2) is 34.8 Å². The van der Waals surface area contributed by atoms with Crippen molar-refractivity contribution in [3.05, 3.63) is 51.1 Å². The molecule has 0 fully saturated rings. The zero-order chi connectivity index (χ0) is 13.6. The molecule has 0 amide bonds. The summed E-state index contributed by atoms with van der Waals surface area (Å²) in [6, 6.07) is 8.50. The van der Waals surface area contributed by atoms with E-state index in [1.165, 1.54) is 6.07 Å². The molecule has 0 aliphatic rings. The highest BCUT2D eigenvalue weighted by molar-refractivity contribution is 9.10. The minimum Gasteiger partial charge on any atom is -0.329 e. The van der Waals surface area contributed by atoms with Gasteiger partial charge in [0.05, 0.1) is 11.2 Å². The maximum Gasteiger partial charge on any atom is 0.184 e. The summed E-state index contributed by atoms with van der Waals surface area (Å²) in [4.78, 5) is 7.46. The van der Waals surface area contributed by atoms with Crippen LogP contribution in [0, 0.1) is 17.5 Å². The Kier molecular flexibility index (Phi) is 2.99. The lowest BCUT2D eigenvalue weighted by Crippen LogP contribution is -1.99. The van der Waals surface area contributed by atoms with Crippen LogP contribution in [0.3, 0.4) is 0 Å². The molecule has 0 aliphatic carbocycles. The molecule has 0 radical (unpaired) electrons. The molecule has 96 valence electrons. The molecule has 0 aliphatic heterocycles. The average molecular weight is 338 g/mol. The summed E-state index contributed by atoms with van der Waals surface area (Å²) in [5.74, 6) is -0.344. The number of aryl methyl sites for hydroxylation is 1. The van der Waals surface area contributed by atoms with Crippen LogP contribution < -0.4 is 0 Å². The van der Waals surface area contributed by atoms with Gasteiger partial charge in [0.15, 0.2) is 10.4 Å². The van der Waals surface area contributed by atoms with Crippen LogP contribution >= 0.6 is 28.1 Å². The molecule has 2 aromatic heterocycles. The standard InChI is InChI=1S/C13H9BrFN3S/c1-7-2-5-10-12(16-7)18(13(19)17-10)11-6-8(14)3-4-9(11)15/h2-6H,1H3,(H,17,19). The fourth-order valence-corrected chi connectivity index (χ4v) is 2.60. The van der Waals surface area contributed by atoms with Crippen molar-refractivity contribution < 1.29 is 4.39 Å². The number of pyridine rings is 1. The first-order chi connectivity index (χ1) is 9.06. The smallest absolute Gasteiger partial charge is 0.184 e. The Morgan fingerprint density at radius 1 is 1.32 bits per heavy atom. The number of nitrogens with zero attached hydrogens (tertiary/aromatic N) is 2. The van der Waals surface area contributed by atoms with E-state index in [4.69, 9.17) is 12.2 Å². The van der Waals surface area contributed by atoms with Crippen LogP contribution in [0.2, 0.25) is 0 Å². The van der Waals surface area contributed by atoms with E-state index < -0.39 is 0 Å². The van der Waals surface area contributed by atoms with Gasteiger partial charge in [-0.1, -0.05) is 15.9 Å². The molecule has 0 saturated carbocycles. The number of aromatic amines is 1. The number of benzene rings is 1. The van der Waals surface area contributed by atoms with Crippen LogP contribution in [0.1, 0.15) is 5.69 Å². The van der Waals surface area contributed by atoms with Crippen molar-refractivity contribution in [1.29, 1.82) is 0 Å². The quantitative estimate of drug-likeness (QED) is 0.672. The molecule has 0 saturated heterocycles. The molecule has 1 N–H and O–H groups in total. The van der Waals surface area contributed by atoms with Gasteiger partial charge < -0.3 is 4.98 Å². The highest BCUT2D eigenvalue weighted by Gasteiger charge is 2.12. The maximum atomic E-state index is 14.0. The second-order valence-corrected chi connectivity index (χ2v) is 5.49. The van der Waals surface area contributed by atoms with Crippen molar-refractivity contribution in [3.8, 4) is 5.69 Å². The Morgan fingerprint density at radius 2 is 2.11 bits per heavy atom. The molecule has 0 unspecified atom stereocenters. The lowest BCUT2D eigenvalue weighted by Gasteiger charge is -2.06. The molecule has 3 aromatic rings. The molecule has 2 heterocycles. The number of hydrogen-bond acceptors (Lipinski definition) is 2. The largest absolute Gasteiger partial charge is 0.329 e. The van der Waals surface area contributed by atoms with Gasteiger partial charge in [0, 0.05) is 10.2 Å². The number of rotatable bonds is 1. The topological polar surface area (TPSA) is 33.6 Å². The first-order valence-corrected chi connectivity index (χ1v) is 6.80. The van der Waals surface area contributed by atoms with E-state index in [1.807, 2.05) is 19.1 Å².